The molecule has 0 aromatic heterocycles. The number of hydrogen-bond acceptors (Lipinski definition) is 8. The second-order valence-electron chi connectivity index (χ2n) is 8.03. The number of rotatable bonds is 4. The second kappa shape index (κ2) is 8.89. The molecule has 0 aliphatic heterocycles. The fourth-order valence-electron chi connectivity index (χ4n) is 4.08. The summed E-state index contributed by atoms with van der Waals surface area (Å²) in [6, 6.07) is 16.9. The van der Waals surface area contributed by atoms with Crippen molar-refractivity contribution in [3.63, 3.8) is 0 Å². The van der Waals surface area contributed by atoms with Crippen molar-refractivity contribution >= 4 is 66.2 Å². The molecule has 0 radical (unpaired) electrons. The Balaban J connectivity index is 1.64. The van der Waals surface area contributed by atoms with Gasteiger partial charge in [0.1, 0.15) is 11.5 Å². The van der Waals surface area contributed by atoms with Crippen molar-refractivity contribution in [1.82, 2.24) is 0 Å². The number of hydrogen-bond donors (Lipinski definition) is 4. The molecule has 0 saturated carbocycles. The van der Waals surface area contributed by atoms with Crippen LogP contribution >= 0.6 is 31.9 Å². The zero-order valence-electron chi connectivity index (χ0n) is 18.5. The molecule has 0 amide bonds. The lowest BCUT2D eigenvalue weighted by atomic mass is 9.80. The number of anilines is 4. The van der Waals surface area contributed by atoms with Gasteiger partial charge in [-0.3, -0.25) is 9.59 Å². The minimum atomic E-state index is -0.604. The lowest BCUT2D eigenvalue weighted by molar-refractivity contribution is 0.0981. The summed E-state index contributed by atoms with van der Waals surface area (Å²) in [5.41, 5.74) is 24.9. The molecule has 4 aromatic carbocycles. The van der Waals surface area contributed by atoms with E-state index in [9.17, 15) is 9.59 Å². The third-order valence-corrected chi connectivity index (χ3v) is 6.66. The van der Waals surface area contributed by atoms with Gasteiger partial charge in [0.25, 0.3) is 0 Å². The van der Waals surface area contributed by atoms with Gasteiger partial charge in [0, 0.05) is 32.5 Å². The number of benzene rings is 4. The molecule has 8 N–H and O–H groups in total. The Morgan fingerprint density at radius 2 is 0.944 bits per heavy atom. The van der Waals surface area contributed by atoms with E-state index in [1.165, 1.54) is 12.1 Å². The van der Waals surface area contributed by atoms with Gasteiger partial charge in [-0.25, -0.2) is 0 Å². The first-order valence-electron chi connectivity index (χ1n) is 10.6. The number of ether oxygens (including phenoxy) is 2. The molecule has 1 aliphatic carbocycles. The fourth-order valence-corrected chi connectivity index (χ4v) is 4.84. The molecule has 0 heterocycles. The highest BCUT2D eigenvalue weighted by Gasteiger charge is 2.38. The van der Waals surface area contributed by atoms with E-state index in [1.807, 2.05) is 12.1 Å². The van der Waals surface area contributed by atoms with Gasteiger partial charge in [-0.1, -0.05) is 44.0 Å². The van der Waals surface area contributed by atoms with Crippen LogP contribution in [0.1, 0.15) is 31.8 Å². The molecule has 180 valence electrons. The van der Waals surface area contributed by atoms with Crippen molar-refractivity contribution in [1.29, 1.82) is 0 Å². The van der Waals surface area contributed by atoms with Gasteiger partial charge in [-0.15, -0.1) is 0 Å². The molecule has 5 rings (SSSR count). The topological polar surface area (TPSA) is 157 Å². The molecular weight excluding hydrogens is 592 g/mol. The van der Waals surface area contributed by atoms with E-state index in [2.05, 4.69) is 31.9 Å². The zero-order valence-corrected chi connectivity index (χ0v) is 21.6. The normalized spacial score (nSPS) is 12.2. The van der Waals surface area contributed by atoms with Crippen LogP contribution in [0.4, 0.5) is 22.7 Å². The van der Waals surface area contributed by atoms with Crippen LogP contribution in [0.15, 0.2) is 69.6 Å². The van der Waals surface area contributed by atoms with Gasteiger partial charge >= 0.3 is 0 Å². The number of ketones is 2. The summed E-state index contributed by atoms with van der Waals surface area (Å²) in [5, 5.41) is 0. The molecule has 4 aromatic rings. The Morgan fingerprint density at radius 1 is 0.556 bits per heavy atom. The van der Waals surface area contributed by atoms with Crippen LogP contribution < -0.4 is 32.4 Å². The largest absolute Gasteiger partial charge is 0.455 e. The quantitative estimate of drug-likeness (QED) is 0.183. The first-order chi connectivity index (χ1) is 17.2. The van der Waals surface area contributed by atoms with E-state index in [1.54, 1.807) is 36.4 Å². The molecule has 0 atom stereocenters. The third kappa shape index (κ3) is 3.94. The van der Waals surface area contributed by atoms with E-state index < -0.39 is 11.6 Å². The summed E-state index contributed by atoms with van der Waals surface area (Å²) >= 11 is 6.76. The van der Waals surface area contributed by atoms with Crippen LogP contribution in [0.2, 0.25) is 0 Å². The van der Waals surface area contributed by atoms with Crippen LogP contribution in [-0.4, -0.2) is 11.6 Å². The smallest absolute Gasteiger partial charge is 0.199 e. The van der Waals surface area contributed by atoms with Gasteiger partial charge in [0.2, 0.25) is 0 Å². The van der Waals surface area contributed by atoms with Crippen LogP contribution in [-0.2, 0) is 0 Å². The number of halogens is 2. The molecule has 0 fully saturated rings. The van der Waals surface area contributed by atoms with Crippen molar-refractivity contribution in [2.75, 3.05) is 22.9 Å². The van der Waals surface area contributed by atoms with Gasteiger partial charge in [0.15, 0.2) is 23.1 Å². The van der Waals surface area contributed by atoms with E-state index in [0.717, 1.165) is 8.95 Å². The van der Waals surface area contributed by atoms with Gasteiger partial charge < -0.3 is 32.4 Å². The Bertz CT molecular complexity index is 1490. The molecule has 0 bridgehead atoms. The van der Waals surface area contributed by atoms with Crippen molar-refractivity contribution in [3.05, 3.63) is 91.9 Å². The summed E-state index contributed by atoms with van der Waals surface area (Å²) < 4.78 is 13.4. The number of carbonyl (C=O) groups is 2. The van der Waals surface area contributed by atoms with E-state index in [0.29, 0.717) is 11.5 Å². The standard InChI is InChI=1S/C26H18Br2N4O4/c27-11-3-1-5-13(7-11)35-17-9-15(29)19-21(23(17)31)26(34)22-20(25(19)33)16(30)10-18(24(22)32)36-14-6-2-4-12(28)8-14/h1-10H,29-32H2. The van der Waals surface area contributed by atoms with Crippen molar-refractivity contribution in [2.24, 2.45) is 0 Å². The SMILES string of the molecule is Nc1cc(Oc2cccc(Br)c2)c(N)c2c1C(=O)c1c(N)cc(Oc3cccc(Br)c3)c(N)c1C2=O. The number of nitrogens with two attached hydrogens (primary N) is 4. The van der Waals surface area contributed by atoms with Crippen LogP contribution in [0, 0.1) is 0 Å². The summed E-state index contributed by atoms with van der Waals surface area (Å²) in [6.45, 7) is 0. The maximum absolute atomic E-state index is 13.8. The van der Waals surface area contributed by atoms with Crippen molar-refractivity contribution < 1.29 is 19.1 Å². The van der Waals surface area contributed by atoms with Gasteiger partial charge in [-0.2, -0.15) is 0 Å². The highest BCUT2D eigenvalue weighted by molar-refractivity contribution is 9.10. The van der Waals surface area contributed by atoms with Crippen molar-refractivity contribution in [2.45, 2.75) is 0 Å². The van der Waals surface area contributed by atoms with Gasteiger partial charge in [0.05, 0.1) is 33.6 Å². The minimum Gasteiger partial charge on any atom is -0.455 e. The predicted octanol–water partition coefficient (Wildman–Crippen LogP) is 5.90. The maximum Gasteiger partial charge on any atom is 0.199 e. The Hall–Kier alpha value is -4.02. The zero-order chi connectivity index (χ0) is 25.7. The first kappa shape index (κ1) is 23.7. The van der Waals surface area contributed by atoms with Crippen molar-refractivity contribution in [3.8, 4) is 23.0 Å². The summed E-state index contributed by atoms with van der Waals surface area (Å²) in [7, 11) is 0. The summed E-state index contributed by atoms with van der Waals surface area (Å²) in [5.74, 6) is 0.00483. The molecule has 36 heavy (non-hydrogen) atoms. The summed E-state index contributed by atoms with van der Waals surface area (Å²) in [6.07, 6.45) is 0. The number of nitrogen functional groups attached to an aromatic ring is 4. The lowest BCUT2D eigenvalue weighted by Gasteiger charge is -2.25. The first-order valence-corrected chi connectivity index (χ1v) is 12.1. The molecule has 0 unspecified atom stereocenters. The molecule has 10 heteroatoms. The van der Waals surface area contributed by atoms with Crippen LogP contribution in [0.25, 0.3) is 0 Å². The molecule has 0 saturated heterocycles. The number of carbonyl (C=O) groups excluding carboxylic acids is 2. The second-order valence-corrected chi connectivity index (χ2v) is 9.86. The minimum absolute atomic E-state index is 0.0284. The summed E-state index contributed by atoms with van der Waals surface area (Å²) in [4.78, 5) is 27.3. The molecule has 8 nitrogen and oxygen atoms in total. The van der Waals surface area contributed by atoms with E-state index in [-0.39, 0.29) is 56.5 Å². The third-order valence-electron chi connectivity index (χ3n) is 5.68. The average Bonchev–Trinajstić information content (AvgIpc) is 2.81. The Kier molecular flexibility index (Phi) is 5.85. The number of fused-ring (bicyclic) bond motifs is 2. The predicted molar refractivity (Wildman–Crippen MR) is 146 cm³/mol. The molecular formula is C26H18Br2N4O4. The average molecular weight is 610 g/mol. The highest BCUT2D eigenvalue weighted by Crippen LogP contribution is 2.46. The van der Waals surface area contributed by atoms with E-state index >= 15 is 0 Å². The Morgan fingerprint density at radius 3 is 1.33 bits per heavy atom. The molecule has 1 aliphatic rings. The molecule has 0 spiro atoms. The lowest BCUT2D eigenvalue weighted by Crippen LogP contribution is -2.26. The monoisotopic (exact) mass is 608 g/mol. The van der Waals surface area contributed by atoms with Crippen LogP contribution in [0.3, 0.4) is 0 Å². The highest BCUT2D eigenvalue weighted by atomic mass is 79.9. The van der Waals surface area contributed by atoms with Crippen LogP contribution in [0.5, 0.6) is 23.0 Å². The van der Waals surface area contributed by atoms with Gasteiger partial charge in [-0.05, 0) is 36.4 Å². The maximum atomic E-state index is 13.8. The Labute approximate surface area is 222 Å². The van der Waals surface area contributed by atoms with E-state index in [4.69, 9.17) is 32.4 Å². The fraction of sp³-hybridized carbons (Fsp3) is 0.